The van der Waals surface area contributed by atoms with Gasteiger partial charge in [-0.15, -0.1) is 11.3 Å². The molecule has 0 saturated carbocycles. The number of nitrogens with zero attached hydrogens (tertiary/aromatic N) is 1. The van der Waals surface area contributed by atoms with Crippen LogP contribution in [0.1, 0.15) is 23.5 Å². The lowest BCUT2D eigenvalue weighted by Gasteiger charge is -2.09. The third kappa shape index (κ3) is 3.01. The van der Waals surface area contributed by atoms with Gasteiger partial charge in [-0.3, -0.25) is 0 Å². The van der Waals surface area contributed by atoms with Gasteiger partial charge in [-0.25, -0.2) is 9.37 Å². The molecule has 3 nitrogen and oxygen atoms in total. The first-order valence-corrected chi connectivity index (χ1v) is 6.11. The van der Waals surface area contributed by atoms with E-state index in [4.69, 9.17) is 10.5 Å². The second-order valence-corrected chi connectivity index (χ2v) is 4.67. The third-order valence-electron chi connectivity index (χ3n) is 2.31. The van der Waals surface area contributed by atoms with Crippen LogP contribution in [0.2, 0.25) is 0 Å². The van der Waals surface area contributed by atoms with Crippen LogP contribution in [0.3, 0.4) is 0 Å². The fraction of sp³-hybridized carbons (Fsp3) is 0.250. The van der Waals surface area contributed by atoms with E-state index in [0.717, 1.165) is 5.01 Å². The monoisotopic (exact) mass is 252 g/mol. The molecule has 0 amide bonds. The van der Waals surface area contributed by atoms with Crippen LogP contribution in [-0.2, 0) is 6.61 Å². The molecule has 2 N–H and O–H groups in total. The number of hydrogen-bond donors (Lipinski definition) is 1. The first kappa shape index (κ1) is 12.0. The first-order chi connectivity index (χ1) is 8.16. The van der Waals surface area contributed by atoms with Crippen LogP contribution in [0.25, 0.3) is 0 Å². The van der Waals surface area contributed by atoms with Gasteiger partial charge in [-0.2, -0.15) is 0 Å². The first-order valence-electron chi connectivity index (χ1n) is 5.23. The summed E-state index contributed by atoms with van der Waals surface area (Å²) in [5.74, 6) is 0.152. The molecule has 0 aliphatic carbocycles. The highest BCUT2D eigenvalue weighted by Crippen LogP contribution is 2.21. The van der Waals surface area contributed by atoms with Gasteiger partial charge in [0, 0.05) is 29.2 Å². The summed E-state index contributed by atoms with van der Waals surface area (Å²) in [6.45, 7) is 2.10. The summed E-state index contributed by atoms with van der Waals surface area (Å²) < 4.78 is 19.0. The molecule has 0 aliphatic heterocycles. The summed E-state index contributed by atoms with van der Waals surface area (Å²) in [6.07, 6.45) is 1.71. The van der Waals surface area contributed by atoms with Crippen LogP contribution in [-0.4, -0.2) is 4.98 Å². The Morgan fingerprint density at radius 2 is 2.35 bits per heavy atom. The number of aromatic nitrogens is 1. The lowest BCUT2D eigenvalue weighted by atomic mass is 10.1. The molecule has 0 unspecified atom stereocenters. The van der Waals surface area contributed by atoms with Crippen molar-refractivity contribution in [2.45, 2.75) is 19.6 Å². The average Bonchev–Trinajstić information content (AvgIpc) is 2.78. The third-order valence-corrected chi connectivity index (χ3v) is 3.06. The highest BCUT2D eigenvalue weighted by atomic mass is 32.1. The van der Waals surface area contributed by atoms with Crippen LogP contribution >= 0.6 is 11.3 Å². The van der Waals surface area contributed by atoms with Crippen LogP contribution in [0.5, 0.6) is 5.75 Å². The molecular formula is C12H13FN2OS. The number of benzene rings is 1. The van der Waals surface area contributed by atoms with Crippen molar-refractivity contribution < 1.29 is 9.13 Å². The van der Waals surface area contributed by atoms with Crippen molar-refractivity contribution >= 4 is 11.3 Å². The molecule has 0 spiro atoms. The number of nitrogens with two attached hydrogens (primary N) is 1. The smallest absolute Gasteiger partial charge is 0.140 e. The number of ether oxygens (including phenoxy) is 1. The van der Waals surface area contributed by atoms with Crippen molar-refractivity contribution in [3.8, 4) is 5.75 Å². The van der Waals surface area contributed by atoms with Gasteiger partial charge in [0.1, 0.15) is 23.2 Å². The quantitative estimate of drug-likeness (QED) is 0.910. The number of rotatable bonds is 4. The second-order valence-electron chi connectivity index (χ2n) is 3.69. The molecule has 0 aliphatic rings. The fourth-order valence-electron chi connectivity index (χ4n) is 1.44. The molecule has 90 valence electrons. The van der Waals surface area contributed by atoms with Crippen molar-refractivity contribution in [3.63, 3.8) is 0 Å². The topological polar surface area (TPSA) is 48.1 Å². The van der Waals surface area contributed by atoms with Crippen molar-refractivity contribution in [1.29, 1.82) is 0 Å². The van der Waals surface area contributed by atoms with Crippen molar-refractivity contribution in [1.82, 2.24) is 4.98 Å². The van der Waals surface area contributed by atoms with E-state index in [0.29, 0.717) is 17.9 Å². The van der Waals surface area contributed by atoms with E-state index in [1.807, 2.05) is 5.38 Å². The van der Waals surface area contributed by atoms with Gasteiger partial charge in [0.25, 0.3) is 0 Å². The Morgan fingerprint density at radius 3 is 2.94 bits per heavy atom. The molecule has 0 fully saturated rings. The lowest BCUT2D eigenvalue weighted by Crippen LogP contribution is -2.07. The van der Waals surface area contributed by atoms with E-state index >= 15 is 0 Å². The van der Waals surface area contributed by atoms with Crippen molar-refractivity contribution in [2.75, 3.05) is 0 Å². The van der Waals surface area contributed by atoms with Gasteiger partial charge >= 0.3 is 0 Å². The van der Waals surface area contributed by atoms with Gasteiger partial charge in [-0.1, -0.05) is 6.07 Å². The summed E-state index contributed by atoms with van der Waals surface area (Å²) in [6, 6.07) is 4.40. The van der Waals surface area contributed by atoms with Crippen LogP contribution in [0.4, 0.5) is 4.39 Å². The molecule has 0 saturated heterocycles. The molecular weight excluding hydrogens is 239 g/mol. The van der Waals surface area contributed by atoms with Gasteiger partial charge in [-0.05, 0) is 13.0 Å². The van der Waals surface area contributed by atoms with Crippen molar-refractivity contribution in [3.05, 3.63) is 46.2 Å². The van der Waals surface area contributed by atoms with Crippen LogP contribution < -0.4 is 10.5 Å². The van der Waals surface area contributed by atoms with Crippen LogP contribution in [0, 0.1) is 5.82 Å². The van der Waals surface area contributed by atoms with E-state index < -0.39 is 0 Å². The zero-order chi connectivity index (χ0) is 12.3. The Balaban J connectivity index is 2.05. The summed E-state index contributed by atoms with van der Waals surface area (Å²) in [5.41, 5.74) is 6.12. The molecule has 1 aromatic heterocycles. The van der Waals surface area contributed by atoms with Gasteiger partial charge in [0.2, 0.25) is 0 Å². The Labute approximate surface area is 103 Å². The second kappa shape index (κ2) is 5.25. The molecule has 17 heavy (non-hydrogen) atoms. The summed E-state index contributed by atoms with van der Waals surface area (Å²) in [7, 11) is 0. The van der Waals surface area contributed by atoms with E-state index in [1.165, 1.54) is 17.4 Å². The minimum atomic E-state index is -0.336. The Morgan fingerprint density at radius 1 is 1.53 bits per heavy atom. The van der Waals surface area contributed by atoms with Crippen LogP contribution in [0.15, 0.2) is 29.8 Å². The minimum Gasteiger partial charge on any atom is -0.486 e. The number of hydrogen-bond acceptors (Lipinski definition) is 4. The molecule has 1 atom stereocenters. The molecule has 2 aromatic rings. The highest BCUT2D eigenvalue weighted by Gasteiger charge is 2.08. The maximum atomic E-state index is 13.6. The largest absolute Gasteiger partial charge is 0.486 e. The Hall–Kier alpha value is -1.46. The molecule has 2 rings (SSSR count). The summed E-state index contributed by atoms with van der Waals surface area (Å²) >= 11 is 1.50. The maximum Gasteiger partial charge on any atom is 0.140 e. The Bertz CT molecular complexity index is 485. The van der Waals surface area contributed by atoms with E-state index in [1.54, 1.807) is 25.3 Å². The summed E-state index contributed by atoms with van der Waals surface area (Å²) in [4.78, 5) is 4.08. The minimum absolute atomic E-state index is 0.317. The predicted octanol–water partition coefficient (Wildman–Crippen LogP) is 2.88. The SMILES string of the molecule is C[C@H](N)c1ccc(OCc2nccs2)cc1F. The lowest BCUT2D eigenvalue weighted by molar-refractivity contribution is 0.303. The Kier molecular flexibility index (Phi) is 3.71. The van der Waals surface area contributed by atoms with E-state index in [2.05, 4.69) is 4.98 Å². The molecule has 0 radical (unpaired) electrons. The van der Waals surface area contributed by atoms with E-state index in [-0.39, 0.29) is 11.9 Å². The number of thiazole rings is 1. The van der Waals surface area contributed by atoms with Gasteiger partial charge < -0.3 is 10.5 Å². The summed E-state index contributed by atoms with van der Waals surface area (Å²) in [5, 5.41) is 2.74. The fourth-order valence-corrected chi connectivity index (χ4v) is 1.96. The number of halogens is 1. The highest BCUT2D eigenvalue weighted by molar-refractivity contribution is 7.09. The molecule has 1 aromatic carbocycles. The normalized spacial score (nSPS) is 12.4. The van der Waals surface area contributed by atoms with Gasteiger partial charge in [0.15, 0.2) is 0 Å². The zero-order valence-electron chi connectivity index (χ0n) is 9.39. The molecule has 1 heterocycles. The molecule has 0 bridgehead atoms. The predicted molar refractivity (Wildman–Crippen MR) is 65.4 cm³/mol. The van der Waals surface area contributed by atoms with Gasteiger partial charge in [0.05, 0.1) is 0 Å². The maximum absolute atomic E-state index is 13.6. The zero-order valence-corrected chi connectivity index (χ0v) is 10.2. The average molecular weight is 252 g/mol. The van der Waals surface area contributed by atoms with E-state index in [9.17, 15) is 4.39 Å². The van der Waals surface area contributed by atoms with Crippen molar-refractivity contribution in [2.24, 2.45) is 5.73 Å². The standard InChI is InChI=1S/C12H13FN2OS/c1-8(14)10-3-2-9(6-11(10)13)16-7-12-15-4-5-17-12/h2-6,8H,7,14H2,1H3/t8-/m0/s1. The molecule has 5 heteroatoms.